The highest BCUT2D eigenvalue weighted by atomic mass is 19.4. The van der Waals surface area contributed by atoms with Gasteiger partial charge in [0.1, 0.15) is 0 Å². The molecule has 1 aliphatic rings. The van der Waals surface area contributed by atoms with Crippen LogP contribution in [0.1, 0.15) is 27.8 Å². The number of benzene rings is 3. The molecule has 16 heteroatoms. The lowest BCUT2D eigenvalue weighted by Gasteiger charge is -2.24. The van der Waals surface area contributed by atoms with E-state index >= 15 is 0 Å². The maximum absolute atomic E-state index is 13.7. The van der Waals surface area contributed by atoms with Crippen LogP contribution in [-0.4, -0.2) is 20.6 Å². The Bertz CT molecular complexity index is 1640. The molecule has 5 rings (SSSR count). The van der Waals surface area contributed by atoms with Crippen molar-refractivity contribution in [3.8, 4) is 16.8 Å². The van der Waals surface area contributed by atoms with Gasteiger partial charge in [-0.2, -0.15) is 44.6 Å². The number of aromatic nitrogens is 2. The number of halogens is 9. The second-order valence-corrected chi connectivity index (χ2v) is 9.40. The van der Waals surface area contributed by atoms with Crippen molar-refractivity contribution in [3.05, 3.63) is 107 Å². The Labute approximate surface area is 236 Å². The Hall–Kier alpha value is -4.73. The maximum atomic E-state index is 13.7. The van der Waals surface area contributed by atoms with E-state index in [1.54, 1.807) is 42.7 Å². The van der Waals surface area contributed by atoms with E-state index in [-0.39, 0.29) is 17.6 Å². The third-order valence-corrected chi connectivity index (χ3v) is 6.40. The molecule has 0 saturated heterocycles. The van der Waals surface area contributed by atoms with Gasteiger partial charge in [-0.05, 0) is 75.9 Å². The Morgan fingerprint density at radius 2 is 1.42 bits per heavy atom. The molecule has 4 aromatic rings. The molecule has 1 aliphatic heterocycles. The molecule has 1 aromatic heterocycles. The van der Waals surface area contributed by atoms with Gasteiger partial charge in [-0.25, -0.2) is 4.68 Å². The van der Waals surface area contributed by atoms with Crippen LogP contribution in [0.4, 0.5) is 39.5 Å². The minimum atomic E-state index is -5.09. The number of guanidine groups is 1. The summed E-state index contributed by atoms with van der Waals surface area (Å²) in [5.74, 6) is -0.209. The molecule has 0 unspecified atom stereocenters. The first kappa shape index (κ1) is 29.8. The summed E-state index contributed by atoms with van der Waals surface area (Å²) in [4.78, 5) is 1.15. The van der Waals surface area contributed by atoms with Crippen molar-refractivity contribution in [3.63, 3.8) is 0 Å². The third kappa shape index (κ3) is 6.85. The zero-order chi connectivity index (χ0) is 31.0. The van der Waals surface area contributed by atoms with E-state index in [4.69, 9.17) is 0 Å². The minimum Gasteiger partial charge on any atom is -0.326 e. The summed E-state index contributed by atoms with van der Waals surface area (Å²) in [5, 5.41) is 15.4. The first-order valence-electron chi connectivity index (χ1n) is 12.3. The van der Waals surface area contributed by atoms with Crippen molar-refractivity contribution in [2.45, 2.75) is 31.6 Å². The molecule has 7 nitrogen and oxygen atoms in total. The molecular formula is C27H19F9N7+. The van der Waals surface area contributed by atoms with Gasteiger partial charge >= 0.3 is 24.5 Å². The van der Waals surface area contributed by atoms with Crippen molar-refractivity contribution in [2.75, 3.05) is 0 Å². The van der Waals surface area contributed by atoms with Crippen LogP contribution in [0.25, 0.3) is 16.8 Å². The zero-order valence-corrected chi connectivity index (χ0v) is 21.6. The summed E-state index contributed by atoms with van der Waals surface area (Å²) >= 11 is 0. The van der Waals surface area contributed by atoms with Gasteiger partial charge in [-0.15, -0.1) is 0 Å². The van der Waals surface area contributed by atoms with Crippen LogP contribution in [0.15, 0.2) is 94.6 Å². The molecule has 0 bridgehead atoms. The second-order valence-electron chi connectivity index (χ2n) is 9.40. The molecule has 3 aromatic carbocycles. The number of hydrogen-bond donors (Lipinski definition) is 1. The standard InChI is InChI=1S/C27H18F9N7/c28-25(29,30)19-5-6-23(17-3-1-4-22(12-17)43-8-2-7-37-43)18(11-19)15-42(24-38-40-41-39-24)14-16-9-20(26(31,32)33)13-21(10-16)27(34,35)36/h1-13H,14-15H2,(H,38,39,40,41)/p+1. The smallest absolute Gasteiger partial charge is 0.326 e. The lowest BCUT2D eigenvalue weighted by Crippen LogP contribution is -2.69. The van der Waals surface area contributed by atoms with E-state index in [0.717, 1.165) is 22.6 Å². The molecule has 0 aliphatic carbocycles. The van der Waals surface area contributed by atoms with Crippen LogP contribution < -0.4 is 5.53 Å². The number of nitrogens with zero attached hydrogens (tertiary/aromatic N) is 6. The average Bonchev–Trinajstić information content (AvgIpc) is 3.66. The van der Waals surface area contributed by atoms with Crippen molar-refractivity contribution < 1.29 is 45.0 Å². The van der Waals surface area contributed by atoms with Gasteiger partial charge in [-0.1, -0.05) is 28.8 Å². The topological polar surface area (TPSA) is 74.8 Å². The fourth-order valence-corrected chi connectivity index (χ4v) is 4.48. The fourth-order valence-electron chi connectivity index (χ4n) is 4.48. The van der Waals surface area contributed by atoms with Gasteiger partial charge in [0.25, 0.3) is 0 Å². The number of quaternary nitrogens is 1. The minimum absolute atomic E-state index is 0.00802. The number of nitrogens with two attached hydrogens (primary N) is 1. The van der Waals surface area contributed by atoms with Crippen molar-refractivity contribution >= 4 is 5.96 Å². The average molecular weight is 612 g/mol. The number of alkyl halides is 9. The van der Waals surface area contributed by atoms with Gasteiger partial charge in [0, 0.05) is 25.5 Å². The zero-order valence-electron chi connectivity index (χ0n) is 21.6. The van der Waals surface area contributed by atoms with E-state index in [2.05, 4.69) is 20.5 Å². The molecule has 0 fully saturated rings. The van der Waals surface area contributed by atoms with E-state index < -0.39 is 53.9 Å². The molecule has 43 heavy (non-hydrogen) atoms. The first-order valence-corrected chi connectivity index (χ1v) is 12.3. The Balaban J connectivity index is 1.60. The first-order chi connectivity index (χ1) is 20.2. The van der Waals surface area contributed by atoms with Gasteiger partial charge in [0.05, 0.1) is 27.6 Å². The van der Waals surface area contributed by atoms with E-state index in [1.165, 1.54) is 10.7 Å². The highest BCUT2D eigenvalue weighted by molar-refractivity contribution is 5.80. The quantitative estimate of drug-likeness (QED) is 0.192. The largest absolute Gasteiger partial charge is 0.416 e. The second kappa shape index (κ2) is 11.2. The van der Waals surface area contributed by atoms with Crippen molar-refractivity contribution in [2.24, 2.45) is 15.4 Å². The molecule has 224 valence electrons. The van der Waals surface area contributed by atoms with Crippen LogP contribution in [-0.2, 0) is 31.6 Å². The molecule has 2 heterocycles. The van der Waals surface area contributed by atoms with Crippen LogP contribution >= 0.6 is 0 Å². The summed E-state index contributed by atoms with van der Waals surface area (Å²) < 4.78 is 124. The fraction of sp³-hybridized carbons (Fsp3) is 0.185. The predicted octanol–water partition coefficient (Wildman–Crippen LogP) is 6.81. The molecule has 0 atom stereocenters. The molecule has 0 saturated carbocycles. The summed E-state index contributed by atoms with van der Waals surface area (Å²) in [6.07, 6.45) is -11.7. The number of rotatable bonds is 6. The van der Waals surface area contributed by atoms with E-state index in [9.17, 15) is 39.5 Å². The summed E-state index contributed by atoms with van der Waals surface area (Å²) in [6.45, 7) is -1.03. The van der Waals surface area contributed by atoms with E-state index in [0.29, 0.717) is 28.9 Å². The normalized spacial score (nSPS) is 13.8. The summed E-state index contributed by atoms with van der Waals surface area (Å²) in [5.41, 5.74) is -2.03. The molecule has 0 radical (unpaired) electrons. The van der Waals surface area contributed by atoms with Crippen molar-refractivity contribution in [1.82, 2.24) is 14.7 Å². The van der Waals surface area contributed by atoms with Gasteiger partial charge in [-0.3, -0.25) is 0 Å². The summed E-state index contributed by atoms with van der Waals surface area (Å²) in [6, 6.07) is 12.5. The Kier molecular flexibility index (Phi) is 7.72. The lowest BCUT2D eigenvalue weighted by molar-refractivity contribution is -0.668. The highest BCUT2D eigenvalue weighted by Gasteiger charge is 2.37. The monoisotopic (exact) mass is 612 g/mol. The van der Waals surface area contributed by atoms with Crippen molar-refractivity contribution in [1.29, 1.82) is 0 Å². The summed E-state index contributed by atoms with van der Waals surface area (Å²) in [7, 11) is 0. The highest BCUT2D eigenvalue weighted by Crippen LogP contribution is 2.38. The maximum Gasteiger partial charge on any atom is 0.416 e. The van der Waals surface area contributed by atoms with E-state index in [1.807, 2.05) is 0 Å². The lowest BCUT2D eigenvalue weighted by atomic mass is 9.96. The Morgan fingerprint density at radius 3 is 2.00 bits per heavy atom. The molecule has 2 N–H and O–H groups in total. The third-order valence-electron chi connectivity index (χ3n) is 6.40. The Morgan fingerprint density at radius 1 is 0.721 bits per heavy atom. The molecule has 0 spiro atoms. The van der Waals surface area contributed by atoms with Crippen LogP contribution in [0.5, 0.6) is 0 Å². The van der Waals surface area contributed by atoms with Gasteiger partial charge < -0.3 is 4.90 Å². The SMILES string of the molecule is FC(F)(F)c1cc(CN(Cc2cc(C(F)(F)F)ccc2-c2cccc(-n3cccn3)c2)C2=N[NH2+]N=N2)cc(C(F)(F)F)c1. The van der Waals surface area contributed by atoms with Gasteiger partial charge in [0.2, 0.25) is 0 Å². The van der Waals surface area contributed by atoms with Crippen LogP contribution in [0.3, 0.4) is 0 Å². The van der Waals surface area contributed by atoms with Crippen LogP contribution in [0, 0.1) is 0 Å². The number of hydrogen-bond acceptors (Lipinski definition) is 5. The molecule has 0 amide bonds. The predicted molar refractivity (Wildman–Crippen MR) is 134 cm³/mol. The molecular weight excluding hydrogens is 593 g/mol. The van der Waals surface area contributed by atoms with Gasteiger partial charge in [0.15, 0.2) is 0 Å². The van der Waals surface area contributed by atoms with Crippen LogP contribution in [0.2, 0.25) is 0 Å².